The Morgan fingerprint density at radius 2 is 1.91 bits per heavy atom. The number of benzene rings is 3. The van der Waals surface area contributed by atoms with E-state index in [-0.39, 0.29) is 22.8 Å². The molecule has 5 rings (SSSR count). The molecule has 6 nitrogen and oxygen atoms in total. The first-order valence-electron chi connectivity index (χ1n) is 11.9. The van der Waals surface area contributed by atoms with Crippen LogP contribution in [0.2, 0.25) is 5.02 Å². The van der Waals surface area contributed by atoms with Crippen molar-refractivity contribution in [3.05, 3.63) is 110 Å². The first kappa shape index (κ1) is 23.5. The van der Waals surface area contributed by atoms with Crippen LogP contribution in [0.4, 0.5) is 5.69 Å². The van der Waals surface area contributed by atoms with Crippen LogP contribution in [0.15, 0.2) is 72.8 Å². The minimum Gasteiger partial charge on any atom is -0.488 e. The third-order valence-corrected chi connectivity index (χ3v) is 7.11. The lowest BCUT2D eigenvalue weighted by Crippen LogP contribution is -2.39. The van der Waals surface area contributed by atoms with E-state index in [2.05, 4.69) is 11.0 Å². The molecule has 35 heavy (non-hydrogen) atoms. The molecule has 2 unspecified atom stereocenters. The minimum atomic E-state index is -0.371. The Bertz CT molecular complexity index is 1260. The summed E-state index contributed by atoms with van der Waals surface area (Å²) in [7, 11) is 0. The van der Waals surface area contributed by atoms with Gasteiger partial charge in [0.15, 0.2) is 0 Å². The molecule has 0 spiro atoms. The zero-order chi connectivity index (χ0) is 24.4. The second kappa shape index (κ2) is 10.2. The quantitative estimate of drug-likeness (QED) is 0.342. The largest absolute Gasteiger partial charge is 0.488 e. The van der Waals surface area contributed by atoms with Crippen LogP contribution in [0.5, 0.6) is 5.75 Å². The maximum Gasteiger partial charge on any atom is 0.270 e. The van der Waals surface area contributed by atoms with Crippen molar-refractivity contribution < 1.29 is 14.8 Å². The lowest BCUT2D eigenvalue weighted by Gasteiger charge is -2.38. The Kier molecular flexibility index (Phi) is 6.86. The van der Waals surface area contributed by atoms with Gasteiger partial charge < -0.3 is 9.84 Å². The summed E-state index contributed by atoms with van der Waals surface area (Å²) in [5.74, 6) is 0.651. The smallest absolute Gasteiger partial charge is 0.270 e. The fourth-order valence-electron chi connectivity index (χ4n) is 5.07. The van der Waals surface area contributed by atoms with Gasteiger partial charge in [0.25, 0.3) is 5.69 Å². The molecular weight excluding hydrogens is 464 g/mol. The molecule has 2 aliphatic heterocycles. The monoisotopic (exact) mass is 490 g/mol. The number of rotatable bonds is 5. The van der Waals surface area contributed by atoms with Crippen LogP contribution >= 0.6 is 11.6 Å². The van der Waals surface area contributed by atoms with Crippen LogP contribution in [0.3, 0.4) is 0 Å². The van der Waals surface area contributed by atoms with E-state index in [9.17, 15) is 15.2 Å². The van der Waals surface area contributed by atoms with Crippen molar-refractivity contribution in [1.29, 1.82) is 0 Å². The number of aliphatic hydroxyl groups is 1. The molecule has 2 heterocycles. The van der Waals surface area contributed by atoms with E-state index in [1.54, 1.807) is 12.1 Å². The van der Waals surface area contributed by atoms with Crippen molar-refractivity contribution >= 4 is 22.9 Å². The fraction of sp³-hybridized carbons (Fsp3) is 0.286. The van der Waals surface area contributed by atoms with Gasteiger partial charge in [-0.15, -0.1) is 0 Å². The molecule has 2 aliphatic rings. The number of non-ortho nitro benzene ring substituents is 1. The molecule has 3 aromatic carbocycles. The molecule has 7 heteroatoms. The van der Waals surface area contributed by atoms with Crippen molar-refractivity contribution in [3.63, 3.8) is 0 Å². The molecule has 3 aromatic rings. The molecule has 0 aliphatic carbocycles. The van der Waals surface area contributed by atoms with Gasteiger partial charge in [-0.2, -0.15) is 0 Å². The van der Waals surface area contributed by atoms with E-state index in [1.165, 1.54) is 6.07 Å². The van der Waals surface area contributed by atoms with Gasteiger partial charge in [-0.1, -0.05) is 54.1 Å². The maximum absolute atomic E-state index is 11.5. The summed E-state index contributed by atoms with van der Waals surface area (Å²) in [6.07, 6.45) is 4.03. The number of nitro groups is 1. The van der Waals surface area contributed by atoms with Crippen LogP contribution < -0.4 is 4.74 Å². The highest BCUT2D eigenvalue weighted by molar-refractivity contribution is 6.30. The van der Waals surface area contributed by atoms with Gasteiger partial charge in [-0.05, 0) is 59.7 Å². The zero-order valence-corrected chi connectivity index (χ0v) is 20.0. The number of likely N-dealkylation sites (tertiary alicyclic amines) is 1. The highest BCUT2D eigenvalue weighted by atomic mass is 35.5. The number of hydrogen-bond donors (Lipinski definition) is 1. The van der Waals surface area contributed by atoms with Gasteiger partial charge in [-0.25, -0.2) is 0 Å². The number of nitrogens with zero attached hydrogens (tertiary/aromatic N) is 2. The SMILES string of the molecule is O=[N+]([O-])c1ccc2c(c1)C(=CCCN1CCC(O)CC1c1ccc(Cl)cc1)c1ccccc1CO2. The standard InChI is InChI=1S/C28H27ClN2O4/c29-21-9-7-19(8-10-21)27-17-23(32)13-15-30(27)14-3-6-25-24-5-2-1-4-20(24)18-35-28-12-11-22(31(33)34)16-26(25)28/h1-2,4-12,16,23,27,32H,3,13-15,17-18H2. The number of hydrogen-bond acceptors (Lipinski definition) is 5. The molecule has 2 atom stereocenters. The summed E-state index contributed by atoms with van der Waals surface area (Å²) in [5.41, 5.74) is 4.98. The van der Waals surface area contributed by atoms with Crippen molar-refractivity contribution in [1.82, 2.24) is 4.90 Å². The molecule has 0 radical (unpaired) electrons. The summed E-state index contributed by atoms with van der Waals surface area (Å²) >= 11 is 6.09. The Morgan fingerprint density at radius 1 is 1.11 bits per heavy atom. The predicted molar refractivity (Wildman–Crippen MR) is 137 cm³/mol. The van der Waals surface area contributed by atoms with Gasteiger partial charge in [0, 0.05) is 41.9 Å². The summed E-state index contributed by atoms with van der Waals surface area (Å²) in [6, 6.07) is 20.8. The first-order chi connectivity index (χ1) is 17.0. The van der Waals surface area contributed by atoms with Crippen molar-refractivity contribution in [2.45, 2.75) is 38.0 Å². The van der Waals surface area contributed by atoms with E-state index in [0.29, 0.717) is 23.8 Å². The highest BCUT2D eigenvalue weighted by Crippen LogP contribution is 2.39. The molecule has 1 fully saturated rings. The van der Waals surface area contributed by atoms with Gasteiger partial charge in [-0.3, -0.25) is 15.0 Å². The Morgan fingerprint density at radius 3 is 2.71 bits per heavy atom. The lowest BCUT2D eigenvalue weighted by molar-refractivity contribution is -0.384. The van der Waals surface area contributed by atoms with Gasteiger partial charge in [0.1, 0.15) is 12.4 Å². The molecule has 0 aromatic heterocycles. The molecule has 180 valence electrons. The molecule has 0 saturated carbocycles. The van der Waals surface area contributed by atoms with E-state index < -0.39 is 0 Å². The summed E-state index contributed by atoms with van der Waals surface area (Å²) < 4.78 is 6.02. The van der Waals surface area contributed by atoms with Crippen molar-refractivity contribution in [2.24, 2.45) is 0 Å². The number of aliphatic hydroxyl groups excluding tert-OH is 1. The van der Waals surface area contributed by atoms with Crippen LogP contribution in [0.25, 0.3) is 5.57 Å². The minimum absolute atomic E-state index is 0.0467. The highest BCUT2D eigenvalue weighted by Gasteiger charge is 2.28. The summed E-state index contributed by atoms with van der Waals surface area (Å²) in [5, 5.41) is 22.5. The zero-order valence-electron chi connectivity index (χ0n) is 19.3. The van der Waals surface area contributed by atoms with Crippen LogP contribution in [-0.4, -0.2) is 34.1 Å². The van der Waals surface area contributed by atoms with Crippen LogP contribution in [0.1, 0.15) is 47.6 Å². The molecule has 0 amide bonds. The van der Waals surface area contributed by atoms with E-state index >= 15 is 0 Å². The molecule has 0 bridgehead atoms. The maximum atomic E-state index is 11.5. The van der Waals surface area contributed by atoms with Crippen molar-refractivity contribution in [2.75, 3.05) is 13.1 Å². The van der Waals surface area contributed by atoms with E-state index in [1.807, 2.05) is 48.5 Å². The lowest BCUT2D eigenvalue weighted by atomic mass is 9.92. The second-order valence-corrected chi connectivity index (χ2v) is 9.51. The first-order valence-corrected chi connectivity index (χ1v) is 12.2. The third-order valence-electron chi connectivity index (χ3n) is 6.86. The molecule has 1 N–H and O–H groups in total. The Hall–Kier alpha value is -3.19. The predicted octanol–water partition coefficient (Wildman–Crippen LogP) is 6.16. The summed E-state index contributed by atoms with van der Waals surface area (Å²) in [4.78, 5) is 13.5. The average Bonchev–Trinajstić information content (AvgIpc) is 3.02. The van der Waals surface area contributed by atoms with E-state index in [4.69, 9.17) is 16.3 Å². The summed E-state index contributed by atoms with van der Waals surface area (Å²) in [6.45, 7) is 2.02. The van der Waals surface area contributed by atoms with Crippen LogP contribution in [-0.2, 0) is 6.61 Å². The second-order valence-electron chi connectivity index (χ2n) is 9.07. The number of piperidine rings is 1. The van der Waals surface area contributed by atoms with Crippen LogP contribution in [0, 0.1) is 10.1 Å². The molecule has 1 saturated heterocycles. The van der Waals surface area contributed by atoms with E-state index in [0.717, 1.165) is 53.8 Å². The van der Waals surface area contributed by atoms with Gasteiger partial charge >= 0.3 is 0 Å². The Balaban J connectivity index is 1.45. The number of fused-ring (bicyclic) bond motifs is 2. The normalized spacial score (nSPS) is 21.0. The number of halogens is 1. The van der Waals surface area contributed by atoms with Gasteiger partial charge in [0.2, 0.25) is 0 Å². The average molecular weight is 491 g/mol. The topological polar surface area (TPSA) is 75.8 Å². The number of nitro benzene ring substituents is 1. The number of ether oxygens (including phenoxy) is 1. The third kappa shape index (κ3) is 5.10. The Labute approximate surface area is 209 Å². The molecular formula is C28H27ClN2O4. The van der Waals surface area contributed by atoms with Gasteiger partial charge in [0.05, 0.1) is 11.0 Å². The fourth-order valence-corrected chi connectivity index (χ4v) is 5.19. The van der Waals surface area contributed by atoms with Crippen molar-refractivity contribution in [3.8, 4) is 5.75 Å².